The Labute approximate surface area is 205 Å². The van der Waals surface area contributed by atoms with E-state index in [4.69, 9.17) is 4.74 Å². The molecule has 1 aliphatic carbocycles. The van der Waals surface area contributed by atoms with Gasteiger partial charge in [-0.3, -0.25) is 9.69 Å². The number of rotatable bonds is 7. The van der Waals surface area contributed by atoms with Crippen LogP contribution in [0.5, 0.6) is 5.75 Å². The first-order valence-electron chi connectivity index (χ1n) is 12.5. The van der Waals surface area contributed by atoms with E-state index in [0.717, 1.165) is 81.9 Å². The van der Waals surface area contributed by atoms with E-state index >= 15 is 0 Å². The van der Waals surface area contributed by atoms with Crippen LogP contribution in [0.1, 0.15) is 37.7 Å². The number of benzene rings is 2. The zero-order chi connectivity index (χ0) is 24.8. The molecule has 0 N–H and O–H groups in total. The summed E-state index contributed by atoms with van der Waals surface area (Å²) in [6.45, 7) is 4.52. The van der Waals surface area contributed by atoms with E-state index in [1.54, 1.807) is 12.0 Å². The van der Waals surface area contributed by atoms with E-state index in [1.807, 2.05) is 18.2 Å². The summed E-state index contributed by atoms with van der Waals surface area (Å²) in [5, 5.41) is 0. The van der Waals surface area contributed by atoms with Crippen molar-refractivity contribution < 1.29 is 22.7 Å². The van der Waals surface area contributed by atoms with E-state index in [1.165, 1.54) is 12.1 Å². The second-order valence-electron chi connectivity index (χ2n) is 9.37. The van der Waals surface area contributed by atoms with Gasteiger partial charge in [-0.1, -0.05) is 31.4 Å². The number of anilines is 2. The molecule has 8 heteroatoms. The van der Waals surface area contributed by atoms with Crippen LogP contribution in [0, 0.1) is 5.92 Å². The Morgan fingerprint density at radius 1 is 0.971 bits per heavy atom. The van der Waals surface area contributed by atoms with Gasteiger partial charge in [0.15, 0.2) is 0 Å². The zero-order valence-electron chi connectivity index (χ0n) is 20.3. The lowest BCUT2D eigenvalue weighted by molar-refractivity contribution is -0.137. The van der Waals surface area contributed by atoms with Crippen LogP contribution in [0.15, 0.2) is 48.5 Å². The monoisotopic (exact) mass is 489 g/mol. The van der Waals surface area contributed by atoms with Gasteiger partial charge in [-0.05, 0) is 49.2 Å². The first kappa shape index (κ1) is 25.4. The molecule has 2 fully saturated rings. The van der Waals surface area contributed by atoms with Gasteiger partial charge in [-0.25, -0.2) is 0 Å². The summed E-state index contributed by atoms with van der Waals surface area (Å²) < 4.78 is 44.7. The number of hydrogen-bond donors (Lipinski definition) is 0. The SMILES string of the molecule is COc1ccccc1N1CCN(CCN(C(=O)C2CCCCC2)c2ccc(C(F)(F)F)cc2)CC1. The molecule has 0 radical (unpaired) electrons. The standard InChI is InChI=1S/C27H34F3N3O2/c1-35-25-10-6-5-9-24(25)32-18-15-31(16-19-32)17-20-33(26(34)21-7-3-2-4-8-21)23-13-11-22(12-14-23)27(28,29)30/h5-6,9-14,21H,2-4,7-8,15-20H2,1H3. The molecule has 35 heavy (non-hydrogen) atoms. The highest BCUT2D eigenvalue weighted by Crippen LogP contribution is 2.32. The number of amides is 1. The van der Waals surface area contributed by atoms with Crippen LogP contribution in [0.25, 0.3) is 0 Å². The number of piperazine rings is 1. The summed E-state index contributed by atoms with van der Waals surface area (Å²) in [7, 11) is 1.67. The average Bonchev–Trinajstić information content (AvgIpc) is 2.89. The molecular formula is C27H34F3N3O2. The first-order chi connectivity index (χ1) is 16.9. The van der Waals surface area contributed by atoms with Crippen molar-refractivity contribution in [3.63, 3.8) is 0 Å². The lowest BCUT2D eigenvalue weighted by Crippen LogP contribution is -2.49. The van der Waals surface area contributed by atoms with Gasteiger partial charge in [-0.2, -0.15) is 13.2 Å². The van der Waals surface area contributed by atoms with Crippen molar-refractivity contribution in [3.05, 3.63) is 54.1 Å². The number of halogens is 3. The second-order valence-corrected chi connectivity index (χ2v) is 9.37. The van der Waals surface area contributed by atoms with Crippen molar-refractivity contribution in [2.75, 3.05) is 56.2 Å². The topological polar surface area (TPSA) is 36.0 Å². The molecular weight excluding hydrogens is 455 g/mol. The molecule has 1 amide bonds. The summed E-state index contributed by atoms with van der Waals surface area (Å²) in [5.74, 6) is 0.845. The lowest BCUT2D eigenvalue weighted by atomic mass is 9.88. The Balaban J connectivity index is 1.41. The number of hydrogen-bond acceptors (Lipinski definition) is 4. The zero-order valence-corrected chi connectivity index (χ0v) is 20.3. The normalized spacial score (nSPS) is 17.9. The molecule has 4 rings (SSSR count). The predicted molar refractivity (Wildman–Crippen MR) is 132 cm³/mol. The van der Waals surface area contributed by atoms with Crippen molar-refractivity contribution in [3.8, 4) is 5.75 Å². The third-order valence-corrected chi connectivity index (χ3v) is 7.16. The Bertz CT molecular complexity index is 966. The quantitative estimate of drug-likeness (QED) is 0.518. The first-order valence-corrected chi connectivity index (χ1v) is 12.5. The maximum atomic E-state index is 13.4. The smallest absolute Gasteiger partial charge is 0.416 e. The summed E-state index contributed by atoms with van der Waals surface area (Å²) in [6.07, 6.45) is 0.518. The molecule has 1 heterocycles. The molecule has 1 aliphatic heterocycles. The van der Waals surface area contributed by atoms with Gasteiger partial charge in [0.05, 0.1) is 18.4 Å². The lowest BCUT2D eigenvalue weighted by Gasteiger charge is -2.38. The fourth-order valence-corrected chi connectivity index (χ4v) is 5.11. The Morgan fingerprint density at radius 3 is 2.26 bits per heavy atom. The number of nitrogens with zero attached hydrogens (tertiary/aromatic N) is 3. The van der Waals surface area contributed by atoms with Crippen molar-refractivity contribution in [2.45, 2.75) is 38.3 Å². The minimum atomic E-state index is -4.39. The predicted octanol–water partition coefficient (Wildman–Crippen LogP) is 5.45. The maximum Gasteiger partial charge on any atom is 0.416 e. The highest BCUT2D eigenvalue weighted by Gasteiger charge is 2.32. The van der Waals surface area contributed by atoms with Gasteiger partial charge < -0.3 is 14.5 Å². The van der Waals surface area contributed by atoms with Crippen LogP contribution in [0.2, 0.25) is 0 Å². The van der Waals surface area contributed by atoms with E-state index in [-0.39, 0.29) is 11.8 Å². The Kier molecular flexibility index (Phi) is 8.21. The third-order valence-electron chi connectivity index (χ3n) is 7.16. The third kappa shape index (κ3) is 6.28. The molecule has 0 unspecified atom stereocenters. The largest absolute Gasteiger partial charge is 0.495 e. The molecule has 2 aromatic carbocycles. The molecule has 0 spiro atoms. The number of carbonyl (C=O) groups is 1. The second kappa shape index (κ2) is 11.3. The molecule has 0 atom stereocenters. The highest BCUT2D eigenvalue weighted by atomic mass is 19.4. The van der Waals surface area contributed by atoms with Crippen molar-refractivity contribution in [1.29, 1.82) is 0 Å². The van der Waals surface area contributed by atoms with Gasteiger partial charge in [0.2, 0.25) is 5.91 Å². The summed E-state index contributed by atoms with van der Waals surface area (Å²) in [5.41, 5.74) is 0.925. The summed E-state index contributed by atoms with van der Waals surface area (Å²) in [6, 6.07) is 13.0. The van der Waals surface area contributed by atoms with Gasteiger partial charge in [0.25, 0.3) is 0 Å². The Hall–Kier alpha value is -2.74. The van der Waals surface area contributed by atoms with Crippen molar-refractivity contribution in [2.24, 2.45) is 5.92 Å². The molecule has 2 aliphatic rings. The fourth-order valence-electron chi connectivity index (χ4n) is 5.11. The summed E-state index contributed by atoms with van der Waals surface area (Å²) >= 11 is 0. The van der Waals surface area contributed by atoms with Crippen LogP contribution in [0.4, 0.5) is 24.5 Å². The number of para-hydroxylation sites is 2. The van der Waals surface area contributed by atoms with Crippen LogP contribution in [0.3, 0.4) is 0 Å². The van der Waals surface area contributed by atoms with Crippen LogP contribution >= 0.6 is 0 Å². The molecule has 190 valence electrons. The van der Waals surface area contributed by atoms with Crippen LogP contribution in [-0.4, -0.2) is 57.2 Å². The molecule has 2 aromatic rings. The van der Waals surface area contributed by atoms with Crippen molar-refractivity contribution in [1.82, 2.24) is 4.90 Å². The van der Waals surface area contributed by atoms with E-state index in [2.05, 4.69) is 15.9 Å². The number of ether oxygens (including phenoxy) is 1. The highest BCUT2D eigenvalue weighted by molar-refractivity contribution is 5.95. The van der Waals surface area contributed by atoms with Gasteiger partial charge in [0.1, 0.15) is 5.75 Å². The Morgan fingerprint density at radius 2 is 1.63 bits per heavy atom. The van der Waals surface area contributed by atoms with Crippen LogP contribution in [-0.2, 0) is 11.0 Å². The molecule has 0 bridgehead atoms. The van der Waals surface area contributed by atoms with E-state index in [0.29, 0.717) is 18.8 Å². The molecule has 1 saturated carbocycles. The summed E-state index contributed by atoms with van der Waals surface area (Å²) in [4.78, 5) is 19.8. The number of alkyl halides is 3. The van der Waals surface area contributed by atoms with Gasteiger partial charge in [0, 0.05) is 50.9 Å². The minimum absolute atomic E-state index is 0.0390. The van der Waals surface area contributed by atoms with Crippen LogP contribution < -0.4 is 14.5 Å². The fraction of sp³-hybridized carbons (Fsp3) is 0.519. The van der Waals surface area contributed by atoms with E-state index < -0.39 is 11.7 Å². The average molecular weight is 490 g/mol. The molecule has 1 saturated heterocycles. The van der Waals surface area contributed by atoms with Crippen molar-refractivity contribution >= 4 is 17.3 Å². The maximum absolute atomic E-state index is 13.4. The number of methoxy groups -OCH3 is 1. The molecule has 5 nitrogen and oxygen atoms in total. The van der Waals surface area contributed by atoms with Gasteiger partial charge >= 0.3 is 6.18 Å². The molecule has 0 aromatic heterocycles. The number of carbonyl (C=O) groups excluding carboxylic acids is 1. The van der Waals surface area contributed by atoms with Gasteiger partial charge in [-0.15, -0.1) is 0 Å². The minimum Gasteiger partial charge on any atom is -0.495 e. The van der Waals surface area contributed by atoms with E-state index in [9.17, 15) is 18.0 Å².